The number of aliphatic hydroxyl groups excluding tert-OH is 6. The third-order valence-electron chi connectivity index (χ3n) is 11.7. The lowest BCUT2D eigenvalue weighted by atomic mass is 9.94. The maximum Gasteiger partial charge on any atom is 0.309 e. The van der Waals surface area contributed by atoms with E-state index in [1.165, 1.54) is 0 Å². The number of carbonyl (C=O) groups is 2. The first-order valence-corrected chi connectivity index (χ1v) is 22.9. The second-order valence-electron chi connectivity index (χ2n) is 16.6. The lowest BCUT2D eigenvalue weighted by Gasteiger charge is -2.44. The third kappa shape index (κ3) is 19.2. The number of hydrogen-bond acceptors (Lipinski definition) is 13. The van der Waals surface area contributed by atoms with Crippen LogP contribution in [0.15, 0.2) is 0 Å². The highest BCUT2D eigenvalue weighted by molar-refractivity contribution is 5.72. The van der Waals surface area contributed by atoms with Gasteiger partial charge in [-0.1, -0.05) is 156 Å². The van der Waals surface area contributed by atoms with Crippen molar-refractivity contribution >= 4 is 11.9 Å². The normalized spacial score (nSPS) is 27.9. The van der Waals surface area contributed by atoms with E-state index in [2.05, 4.69) is 27.7 Å². The Morgan fingerprint density at radius 2 is 0.702 bits per heavy atom. The summed E-state index contributed by atoms with van der Waals surface area (Å²) in [6, 6.07) is 0. The van der Waals surface area contributed by atoms with Gasteiger partial charge in [0, 0.05) is 0 Å². The second kappa shape index (κ2) is 30.6. The first kappa shape index (κ1) is 51.7. The molecule has 13 heteroatoms. The van der Waals surface area contributed by atoms with Crippen LogP contribution in [0.25, 0.3) is 0 Å². The van der Waals surface area contributed by atoms with Crippen molar-refractivity contribution in [2.24, 2.45) is 11.8 Å². The number of aliphatic hydroxyl groups is 6. The molecule has 2 aliphatic heterocycles. The maximum atomic E-state index is 13.3. The number of rotatable bonds is 32. The van der Waals surface area contributed by atoms with Crippen molar-refractivity contribution in [1.82, 2.24) is 0 Å². The number of esters is 2. The molecule has 0 bridgehead atoms. The molecule has 2 rings (SSSR count). The summed E-state index contributed by atoms with van der Waals surface area (Å²) < 4.78 is 28.6. The molecule has 57 heavy (non-hydrogen) atoms. The zero-order valence-electron chi connectivity index (χ0n) is 35.9. The number of unbranched alkanes of at least 4 members (excludes halogenated alkanes) is 16. The van der Waals surface area contributed by atoms with Crippen LogP contribution in [-0.2, 0) is 33.3 Å². The van der Waals surface area contributed by atoms with Crippen molar-refractivity contribution < 1.29 is 63.9 Å². The summed E-state index contributed by atoms with van der Waals surface area (Å²) >= 11 is 0. The Hall–Kier alpha value is -1.42. The molecule has 10 atom stereocenters. The van der Waals surface area contributed by atoms with Crippen molar-refractivity contribution in [2.75, 3.05) is 13.2 Å². The van der Waals surface area contributed by atoms with Crippen LogP contribution >= 0.6 is 0 Å². The topological polar surface area (TPSA) is 202 Å². The Morgan fingerprint density at radius 3 is 0.982 bits per heavy atom. The molecular formula is C44H82O13. The third-order valence-corrected chi connectivity index (χ3v) is 11.7. The smallest absolute Gasteiger partial charge is 0.309 e. The molecule has 0 saturated carbocycles. The zero-order chi connectivity index (χ0) is 42.0. The first-order chi connectivity index (χ1) is 27.5. The molecule has 6 N–H and O–H groups in total. The minimum absolute atomic E-state index is 0.312. The van der Waals surface area contributed by atoms with Gasteiger partial charge in [-0.25, -0.2) is 0 Å². The Balaban J connectivity index is 2.03. The molecule has 0 aromatic carbocycles. The van der Waals surface area contributed by atoms with E-state index >= 15 is 0 Å². The van der Waals surface area contributed by atoms with Crippen molar-refractivity contribution in [3.63, 3.8) is 0 Å². The zero-order valence-corrected chi connectivity index (χ0v) is 35.9. The van der Waals surface area contributed by atoms with Crippen LogP contribution in [-0.4, -0.2) is 117 Å². The monoisotopic (exact) mass is 819 g/mol. The molecule has 0 radical (unpaired) electrons. The van der Waals surface area contributed by atoms with Gasteiger partial charge in [-0.2, -0.15) is 0 Å². The van der Waals surface area contributed by atoms with Gasteiger partial charge in [0.05, 0.1) is 11.8 Å². The highest BCUT2D eigenvalue weighted by Crippen LogP contribution is 2.30. The van der Waals surface area contributed by atoms with E-state index in [0.717, 1.165) is 128 Å². The van der Waals surface area contributed by atoms with E-state index in [4.69, 9.17) is 23.7 Å². The minimum Gasteiger partial charge on any atom is -0.463 e. The number of ether oxygens (including phenoxy) is 5. The van der Waals surface area contributed by atoms with Gasteiger partial charge in [0.15, 0.2) is 12.6 Å². The van der Waals surface area contributed by atoms with Gasteiger partial charge in [-0.3, -0.25) is 9.59 Å². The van der Waals surface area contributed by atoms with Crippen molar-refractivity contribution in [2.45, 2.75) is 243 Å². The van der Waals surface area contributed by atoms with Crippen molar-refractivity contribution in [1.29, 1.82) is 0 Å². The SMILES string of the molecule is CCCCCCCC(CCCCCCC)C(=O)OC[C@H]1O[C@H](O[C@H]2O[C@H](COC(=O)C(CCCCCCC)CCCCCCC)[C@@H](O)[C@H](O)[C@H]2O)[C@H](O)[C@@H](O)[C@@H]1O. The fourth-order valence-corrected chi connectivity index (χ4v) is 7.77. The predicted octanol–water partition coefficient (Wildman–Crippen LogP) is 6.38. The van der Waals surface area contributed by atoms with E-state index < -0.39 is 86.6 Å². The van der Waals surface area contributed by atoms with Gasteiger partial charge < -0.3 is 54.3 Å². The number of carbonyl (C=O) groups excluding carboxylic acids is 2. The lowest BCUT2D eigenvalue weighted by Crippen LogP contribution is -2.64. The Bertz CT molecular complexity index is 926. The fourth-order valence-electron chi connectivity index (χ4n) is 7.77. The van der Waals surface area contributed by atoms with E-state index in [0.29, 0.717) is 25.7 Å². The molecule has 13 nitrogen and oxygen atoms in total. The van der Waals surface area contributed by atoms with Crippen molar-refractivity contribution in [3.8, 4) is 0 Å². The first-order valence-electron chi connectivity index (χ1n) is 22.9. The molecule has 0 unspecified atom stereocenters. The molecule has 2 heterocycles. The number of hydrogen-bond donors (Lipinski definition) is 6. The van der Waals surface area contributed by atoms with Gasteiger partial charge in [0.2, 0.25) is 0 Å². The van der Waals surface area contributed by atoms with Crippen molar-refractivity contribution in [3.05, 3.63) is 0 Å². The molecule has 0 aliphatic carbocycles. The summed E-state index contributed by atoms with van der Waals surface area (Å²) in [4.78, 5) is 26.6. The average Bonchev–Trinajstić information content (AvgIpc) is 3.20. The molecule has 0 aromatic rings. The molecule has 2 aliphatic rings. The van der Waals surface area contributed by atoms with Crippen LogP contribution in [0.2, 0.25) is 0 Å². The second-order valence-corrected chi connectivity index (χ2v) is 16.6. The van der Waals surface area contributed by atoms with E-state index in [1.807, 2.05) is 0 Å². The van der Waals surface area contributed by atoms with Gasteiger partial charge in [-0.15, -0.1) is 0 Å². The van der Waals surface area contributed by atoms with Gasteiger partial charge in [-0.05, 0) is 25.7 Å². The summed E-state index contributed by atoms with van der Waals surface area (Å²) in [6.07, 6.45) is 7.69. The Labute approximate surface area is 343 Å². The molecule has 0 aromatic heterocycles. The molecular weight excluding hydrogens is 736 g/mol. The van der Waals surface area contributed by atoms with Gasteiger partial charge in [0.25, 0.3) is 0 Å². The standard InChI is InChI=1S/C44H82O13/c1-5-9-13-17-21-25-31(26-22-18-14-10-6-2)41(51)53-29-33-35(45)37(47)39(49)43(55-33)57-44-40(50)38(48)36(46)34(56-44)30-54-42(52)32(27-23-19-15-11-7-3)28-24-20-16-12-8-4/h31-40,43-50H,5-30H2,1-4H3/t33-,34-,35-,36-,37+,38+,39-,40-,43-,44-/m1/s1. The van der Waals surface area contributed by atoms with E-state index in [-0.39, 0.29) is 11.8 Å². The highest BCUT2D eigenvalue weighted by atomic mass is 16.8. The van der Waals surface area contributed by atoms with E-state index in [9.17, 15) is 40.2 Å². The van der Waals surface area contributed by atoms with Crippen LogP contribution in [0, 0.1) is 11.8 Å². The van der Waals surface area contributed by atoms with Crippen LogP contribution in [0.4, 0.5) is 0 Å². The molecule has 336 valence electrons. The minimum atomic E-state index is -1.81. The summed E-state index contributed by atoms with van der Waals surface area (Å²) in [5, 5.41) is 64.6. The fraction of sp³-hybridized carbons (Fsp3) is 0.955. The van der Waals surface area contributed by atoms with Gasteiger partial charge >= 0.3 is 11.9 Å². The molecule has 0 amide bonds. The summed E-state index contributed by atoms with van der Waals surface area (Å²) in [5.41, 5.74) is 0. The van der Waals surface area contributed by atoms with Crippen LogP contribution in [0.1, 0.15) is 182 Å². The van der Waals surface area contributed by atoms with Crippen LogP contribution < -0.4 is 0 Å². The van der Waals surface area contributed by atoms with Crippen LogP contribution in [0.3, 0.4) is 0 Å². The van der Waals surface area contributed by atoms with Crippen LogP contribution in [0.5, 0.6) is 0 Å². The molecule has 2 saturated heterocycles. The largest absolute Gasteiger partial charge is 0.463 e. The highest BCUT2D eigenvalue weighted by Gasteiger charge is 2.50. The Morgan fingerprint density at radius 1 is 0.421 bits per heavy atom. The van der Waals surface area contributed by atoms with Gasteiger partial charge in [0.1, 0.15) is 62.0 Å². The quantitative estimate of drug-likeness (QED) is 0.0323. The molecule has 0 spiro atoms. The summed E-state index contributed by atoms with van der Waals surface area (Å²) in [7, 11) is 0. The predicted molar refractivity (Wildman–Crippen MR) is 217 cm³/mol. The summed E-state index contributed by atoms with van der Waals surface area (Å²) in [6.45, 7) is 7.78. The maximum absolute atomic E-state index is 13.3. The summed E-state index contributed by atoms with van der Waals surface area (Å²) in [5.74, 6) is -1.45. The Kier molecular flexibility index (Phi) is 27.7. The average molecular weight is 819 g/mol. The molecule has 2 fully saturated rings. The van der Waals surface area contributed by atoms with E-state index in [1.54, 1.807) is 0 Å². The lowest BCUT2D eigenvalue weighted by molar-refractivity contribution is -0.376.